The summed E-state index contributed by atoms with van der Waals surface area (Å²) in [5, 5.41) is 3.49. The molecule has 1 atom stereocenters. The maximum absolute atomic E-state index is 5.68. The van der Waals surface area contributed by atoms with Gasteiger partial charge in [-0.15, -0.1) is 0 Å². The summed E-state index contributed by atoms with van der Waals surface area (Å²) in [5.74, 6) is 1.01. The van der Waals surface area contributed by atoms with Gasteiger partial charge in [-0.05, 0) is 32.9 Å². The zero-order chi connectivity index (χ0) is 12.0. The number of benzene rings is 1. The lowest BCUT2D eigenvalue weighted by atomic mass is 10.0. The monoisotopic (exact) mass is 221 g/mol. The maximum Gasteiger partial charge on any atom is 0.124 e. The fraction of sp³-hybridized carbons (Fsp3) is 0.571. The lowest BCUT2D eigenvalue weighted by Gasteiger charge is -2.20. The van der Waals surface area contributed by atoms with Gasteiger partial charge < -0.3 is 10.1 Å². The standard InChI is InChI=1S/C14H23NO/c1-5-13(15-6-2)12-10-11(4)8-9-14(12)16-7-3/h8-10,13,15H,5-7H2,1-4H3. The largest absolute Gasteiger partial charge is 0.494 e. The molecule has 0 radical (unpaired) electrons. The molecule has 0 fully saturated rings. The fourth-order valence-corrected chi connectivity index (χ4v) is 1.95. The highest BCUT2D eigenvalue weighted by atomic mass is 16.5. The quantitative estimate of drug-likeness (QED) is 0.794. The van der Waals surface area contributed by atoms with Crippen molar-refractivity contribution in [2.45, 2.75) is 40.2 Å². The Kier molecular flexibility index (Phi) is 5.33. The normalized spacial score (nSPS) is 12.5. The van der Waals surface area contributed by atoms with Crippen molar-refractivity contribution in [2.75, 3.05) is 13.2 Å². The minimum atomic E-state index is 0.395. The Labute approximate surface area is 99.0 Å². The van der Waals surface area contributed by atoms with Crippen LogP contribution in [0.15, 0.2) is 18.2 Å². The SMILES string of the molecule is CCNC(CC)c1cc(C)ccc1OCC. The van der Waals surface area contributed by atoms with Gasteiger partial charge in [-0.1, -0.05) is 31.5 Å². The van der Waals surface area contributed by atoms with Crippen LogP contribution in [0.1, 0.15) is 44.4 Å². The van der Waals surface area contributed by atoms with Crippen LogP contribution in [0.25, 0.3) is 0 Å². The van der Waals surface area contributed by atoms with Crippen molar-refractivity contribution in [3.8, 4) is 5.75 Å². The molecule has 1 aromatic rings. The molecule has 0 bridgehead atoms. The molecule has 2 heteroatoms. The van der Waals surface area contributed by atoms with Crippen LogP contribution >= 0.6 is 0 Å². The third kappa shape index (κ3) is 3.24. The average Bonchev–Trinajstić information content (AvgIpc) is 2.29. The van der Waals surface area contributed by atoms with Crippen LogP contribution in [0.5, 0.6) is 5.75 Å². The summed E-state index contributed by atoms with van der Waals surface area (Å²) in [6, 6.07) is 6.80. The second kappa shape index (κ2) is 6.54. The zero-order valence-electron chi connectivity index (χ0n) is 10.8. The summed E-state index contributed by atoms with van der Waals surface area (Å²) < 4.78 is 5.68. The summed E-state index contributed by atoms with van der Waals surface area (Å²) >= 11 is 0. The molecule has 2 nitrogen and oxygen atoms in total. The van der Waals surface area contributed by atoms with Crippen LogP contribution < -0.4 is 10.1 Å². The van der Waals surface area contributed by atoms with E-state index in [1.807, 2.05) is 6.92 Å². The Morgan fingerprint density at radius 1 is 1.25 bits per heavy atom. The van der Waals surface area contributed by atoms with Crippen molar-refractivity contribution in [1.82, 2.24) is 5.32 Å². The van der Waals surface area contributed by atoms with Crippen LogP contribution in [-0.2, 0) is 0 Å². The van der Waals surface area contributed by atoms with Crippen molar-refractivity contribution in [2.24, 2.45) is 0 Å². The number of nitrogens with one attached hydrogen (secondary N) is 1. The maximum atomic E-state index is 5.68. The molecule has 0 saturated carbocycles. The van der Waals surface area contributed by atoms with Gasteiger partial charge in [-0.3, -0.25) is 0 Å². The molecule has 0 amide bonds. The Morgan fingerprint density at radius 3 is 2.56 bits per heavy atom. The summed E-state index contributed by atoms with van der Waals surface area (Å²) in [4.78, 5) is 0. The molecule has 0 aliphatic carbocycles. The molecule has 0 saturated heterocycles. The van der Waals surface area contributed by atoms with Crippen LogP contribution in [0.3, 0.4) is 0 Å². The molecule has 1 unspecified atom stereocenters. The highest BCUT2D eigenvalue weighted by Crippen LogP contribution is 2.28. The van der Waals surface area contributed by atoms with Crippen molar-refractivity contribution >= 4 is 0 Å². The number of rotatable bonds is 6. The zero-order valence-corrected chi connectivity index (χ0v) is 10.8. The molecule has 90 valence electrons. The Bertz CT molecular complexity index is 323. The van der Waals surface area contributed by atoms with E-state index in [0.29, 0.717) is 6.04 Å². The van der Waals surface area contributed by atoms with Gasteiger partial charge in [0.1, 0.15) is 5.75 Å². The van der Waals surface area contributed by atoms with Gasteiger partial charge in [0.05, 0.1) is 6.61 Å². The molecule has 1 N–H and O–H groups in total. The van der Waals surface area contributed by atoms with Crippen molar-refractivity contribution in [3.05, 3.63) is 29.3 Å². The van der Waals surface area contributed by atoms with Gasteiger partial charge in [-0.2, -0.15) is 0 Å². The first-order chi connectivity index (χ1) is 7.72. The van der Waals surface area contributed by atoms with Gasteiger partial charge >= 0.3 is 0 Å². The van der Waals surface area contributed by atoms with Crippen molar-refractivity contribution < 1.29 is 4.74 Å². The van der Waals surface area contributed by atoms with E-state index in [1.54, 1.807) is 0 Å². The highest BCUT2D eigenvalue weighted by molar-refractivity contribution is 5.39. The first-order valence-electron chi connectivity index (χ1n) is 6.19. The van der Waals surface area contributed by atoms with E-state index in [0.717, 1.165) is 25.3 Å². The number of ether oxygens (including phenoxy) is 1. The number of aryl methyl sites for hydroxylation is 1. The second-order valence-electron chi connectivity index (χ2n) is 3.99. The van der Waals surface area contributed by atoms with E-state index in [2.05, 4.69) is 44.3 Å². The lowest BCUT2D eigenvalue weighted by Crippen LogP contribution is -2.21. The van der Waals surface area contributed by atoms with Crippen LogP contribution in [-0.4, -0.2) is 13.2 Å². The molecular weight excluding hydrogens is 198 g/mol. The molecule has 0 aliphatic rings. The molecular formula is C14H23NO. The predicted molar refractivity (Wildman–Crippen MR) is 69.1 cm³/mol. The van der Waals surface area contributed by atoms with Gasteiger partial charge in [0.15, 0.2) is 0 Å². The number of hydrogen-bond acceptors (Lipinski definition) is 2. The molecule has 0 aliphatic heterocycles. The van der Waals surface area contributed by atoms with Crippen LogP contribution in [0.4, 0.5) is 0 Å². The molecule has 1 rings (SSSR count). The third-order valence-electron chi connectivity index (χ3n) is 2.70. The lowest BCUT2D eigenvalue weighted by molar-refractivity contribution is 0.330. The summed E-state index contributed by atoms with van der Waals surface area (Å²) in [6.45, 7) is 10.2. The Balaban J connectivity index is 3.01. The minimum absolute atomic E-state index is 0.395. The Morgan fingerprint density at radius 2 is 2.00 bits per heavy atom. The van der Waals surface area contributed by atoms with Crippen LogP contribution in [0.2, 0.25) is 0 Å². The average molecular weight is 221 g/mol. The van der Waals surface area contributed by atoms with E-state index < -0.39 is 0 Å². The van der Waals surface area contributed by atoms with Gasteiger partial charge in [0.2, 0.25) is 0 Å². The minimum Gasteiger partial charge on any atom is -0.494 e. The van der Waals surface area contributed by atoms with Gasteiger partial charge in [0, 0.05) is 11.6 Å². The number of hydrogen-bond donors (Lipinski definition) is 1. The summed E-state index contributed by atoms with van der Waals surface area (Å²) in [6.07, 6.45) is 1.08. The highest BCUT2D eigenvalue weighted by Gasteiger charge is 2.13. The molecule has 16 heavy (non-hydrogen) atoms. The molecule has 0 aromatic heterocycles. The van der Waals surface area contributed by atoms with E-state index in [1.165, 1.54) is 11.1 Å². The summed E-state index contributed by atoms with van der Waals surface area (Å²) in [5.41, 5.74) is 2.57. The van der Waals surface area contributed by atoms with Gasteiger partial charge in [-0.25, -0.2) is 0 Å². The fourth-order valence-electron chi connectivity index (χ4n) is 1.95. The Hall–Kier alpha value is -1.02. The molecule has 0 spiro atoms. The smallest absolute Gasteiger partial charge is 0.124 e. The van der Waals surface area contributed by atoms with Crippen LogP contribution in [0, 0.1) is 6.92 Å². The second-order valence-corrected chi connectivity index (χ2v) is 3.99. The first-order valence-corrected chi connectivity index (χ1v) is 6.19. The predicted octanol–water partition coefficient (Wildman–Crippen LogP) is 3.45. The topological polar surface area (TPSA) is 21.3 Å². The van der Waals surface area contributed by atoms with Gasteiger partial charge in [0.25, 0.3) is 0 Å². The third-order valence-corrected chi connectivity index (χ3v) is 2.70. The van der Waals surface area contributed by atoms with E-state index in [9.17, 15) is 0 Å². The van der Waals surface area contributed by atoms with Crippen molar-refractivity contribution in [1.29, 1.82) is 0 Å². The van der Waals surface area contributed by atoms with Crippen molar-refractivity contribution in [3.63, 3.8) is 0 Å². The van der Waals surface area contributed by atoms with E-state index >= 15 is 0 Å². The molecule has 1 aromatic carbocycles. The van der Waals surface area contributed by atoms with E-state index in [-0.39, 0.29) is 0 Å². The first kappa shape index (κ1) is 13.0. The molecule has 0 heterocycles. The summed E-state index contributed by atoms with van der Waals surface area (Å²) in [7, 11) is 0. The van der Waals surface area contributed by atoms with E-state index in [4.69, 9.17) is 4.74 Å².